The van der Waals surface area contributed by atoms with Gasteiger partial charge < -0.3 is 5.73 Å². The minimum atomic E-state index is -0.678. The third-order valence-electron chi connectivity index (χ3n) is 4.45. The van der Waals surface area contributed by atoms with Crippen molar-refractivity contribution in [3.05, 3.63) is 59.3 Å². The maximum Gasteiger partial charge on any atom is 0.221 e. The van der Waals surface area contributed by atoms with E-state index in [9.17, 15) is 5.26 Å². The molecule has 4 aromatic rings. The summed E-state index contributed by atoms with van der Waals surface area (Å²) in [5.74, 6) is -0.778. The summed E-state index contributed by atoms with van der Waals surface area (Å²) in [6.07, 6.45) is 3.39. The van der Waals surface area contributed by atoms with Gasteiger partial charge in [0.25, 0.3) is 0 Å². The van der Waals surface area contributed by atoms with Crippen LogP contribution in [0.15, 0.2) is 36.7 Å². The van der Waals surface area contributed by atoms with E-state index in [1.165, 1.54) is 4.68 Å². The van der Waals surface area contributed by atoms with Crippen LogP contribution in [-0.4, -0.2) is 34.7 Å². The molecule has 0 fully saturated rings. The first kappa shape index (κ1) is 18.2. The van der Waals surface area contributed by atoms with Crippen LogP contribution in [0.5, 0.6) is 0 Å². The van der Waals surface area contributed by atoms with Gasteiger partial charge in [-0.1, -0.05) is 17.3 Å². The zero-order valence-corrected chi connectivity index (χ0v) is 15.7. The van der Waals surface area contributed by atoms with Crippen LogP contribution in [0.1, 0.15) is 16.8 Å². The van der Waals surface area contributed by atoms with Crippen LogP contribution < -0.4 is 5.73 Å². The monoisotopic (exact) mass is 389 g/mol. The third kappa shape index (κ3) is 3.41. The molecule has 0 radical (unpaired) electrons. The Morgan fingerprint density at radius 1 is 1.21 bits per heavy atom. The number of nitriles is 1. The summed E-state index contributed by atoms with van der Waals surface area (Å²) >= 11 is 0. The van der Waals surface area contributed by atoms with Gasteiger partial charge in [0, 0.05) is 18.8 Å². The lowest BCUT2D eigenvalue weighted by molar-refractivity contribution is 0.621. The number of nitrogens with two attached hydrogens (primary N) is 1. The summed E-state index contributed by atoms with van der Waals surface area (Å²) in [6, 6.07) is 8.95. The predicted octanol–water partition coefficient (Wildman–Crippen LogP) is 2.09. The van der Waals surface area contributed by atoms with Crippen molar-refractivity contribution in [3.63, 3.8) is 0 Å². The molecule has 0 aliphatic rings. The van der Waals surface area contributed by atoms with E-state index in [1.807, 2.05) is 19.3 Å². The number of aryl methyl sites for hydroxylation is 1. The topological polar surface area (TPSA) is 124 Å². The molecule has 0 atom stereocenters. The molecule has 3 aromatic heterocycles. The van der Waals surface area contributed by atoms with Gasteiger partial charge in [-0.25, -0.2) is 19.0 Å². The summed E-state index contributed by atoms with van der Waals surface area (Å²) in [7, 11) is 1.82. The van der Waals surface area contributed by atoms with Crippen LogP contribution in [0, 0.1) is 24.1 Å². The fourth-order valence-corrected chi connectivity index (χ4v) is 3.02. The number of nitrogen functional groups attached to an aromatic ring is 1. The molecule has 9 nitrogen and oxygen atoms in total. The molecule has 0 saturated carbocycles. The normalized spacial score (nSPS) is 10.8. The molecule has 10 heteroatoms. The van der Waals surface area contributed by atoms with Gasteiger partial charge in [-0.2, -0.15) is 10.4 Å². The van der Waals surface area contributed by atoms with Gasteiger partial charge in [-0.3, -0.25) is 4.68 Å². The highest BCUT2D eigenvalue weighted by Gasteiger charge is 2.21. The Morgan fingerprint density at radius 3 is 2.72 bits per heavy atom. The van der Waals surface area contributed by atoms with E-state index < -0.39 is 5.82 Å². The smallest absolute Gasteiger partial charge is 0.221 e. The predicted molar refractivity (Wildman–Crippen MR) is 103 cm³/mol. The van der Waals surface area contributed by atoms with Crippen LogP contribution in [0.2, 0.25) is 0 Å². The minimum Gasteiger partial charge on any atom is -0.368 e. The van der Waals surface area contributed by atoms with Gasteiger partial charge in [0.2, 0.25) is 5.95 Å². The maximum absolute atomic E-state index is 15.3. The van der Waals surface area contributed by atoms with Gasteiger partial charge in [0.05, 0.1) is 30.1 Å². The van der Waals surface area contributed by atoms with Crippen molar-refractivity contribution < 1.29 is 4.39 Å². The van der Waals surface area contributed by atoms with E-state index in [4.69, 9.17) is 5.73 Å². The van der Waals surface area contributed by atoms with E-state index in [-0.39, 0.29) is 23.0 Å². The quantitative estimate of drug-likeness (QED) is 0.566. The Morgan fingerprint density at radius 2 is 2.00 bits per heavy atom. The molecule has 2 N–H and O–H groups in total. The highest BCUT2D eigenvalue weighted by molar-refractivity contribution is 5.72. The van der Waals surface area contributed by atoms with Gasteiger partial charge >= 0.3 is 0 Å². The molecule has 0 spiro atoms. The highest BCUT2D eigenvalue weighted by atomic mass is 19.1. The Hall–Kier alpha value is -4.13. The molecular formula is C19H16FN9. The zero-order valence-electron chi connectivity index (χ0n) is 15.7. The number of hydrogen-bond donors (Lipinski definition) is 1. The molecule has 4 rings (SSSR count). The van der Waals surface area contributed by atoms with Crippen LogP contribution in [-0.2, 0) is 13.6 Å². The lowest BCUT2D eigenvalue weighted by atomic mass is 9.99. The molecule has 0 amide bonds. The Bertz CT molecular complexity index is 1250. The number of aromatic nitrogens is 7. The van der Waals surface area contributed by atoms with Gasteiger partial charge in [-0.15, -0.1) is 5.10 Å². The Labute approximate surface area is 165 Å². The van der Waals surface area contributed by atoms with Crippen LogP contribution >= 0.6 is 0 Å². The summed E-state index contributed by atoms with van der Waals surface area (Å²) < 4.78 is 18.5. The van der Waals surface area contributed by atoms with Crippen molar-refractivity contribution in [2.45, 2.75) is 13.5 Å². The van der Waals surface area contributed by atoms with Gasteiger partial charge in [0.1, 0.15) is 17.1 Å². The van der Waals surface area contributed by atoms with Gasteiger partial charge in [-0.05, 0) is 24.6 Å². The van der Waals surface area contributed by atoms with E-state index in [0.717, 1.165) is 5.69 Å². The second-order valence-electron chi connectivity index (χ2n) is 6.47. The largest absolute Gasteiger partial charge is 0.368 e. The molecule has 3 heterocycles. The molecular weight excluding hydrogens is 373 g/mol. The van der Waals surface area contributed by atoms with E-state index in [0.29, 0.717) is 23.2 Å². The summed E-state index contributed by atoms with van der Waals surface area (Å²) in [4.78, 5) is 8.07. The van der Waals surface area contributed by atoms with E-state index in [1.54, 1.807) is 36.0 Å². The summed E-state index contributed by atoms with van der Waals surface area (Å²) in [6.45, 7) is 2.11. The van der Waals surface area contributed by atoms with E-state index >= 15 is 4.39 Å². The molecule has 0 unspecified atom stereocenters. The van der Waals surface area contributed by atoms with Crippen LogP contribution in [0.25, 0.3) is 22.6 Å². The molecule has 0 saturated heterocycles. The second-order valence-corrected chi connectivity index (χ2v) is 6.47. The molecule has 0 aliphatic carbocycles. The zero-order chi connectivity index (χ0) is 20.5. The molecule has 144 valence electrons. The maximum atomic E-state index is 15.3. The number of hydrogen-bond acceptors (Lipinski definition) is 7. The van der Waals surface area contributed by atoms with Crippen molar-refractivity contribution in [1.29, 1.82) is 5.26 Å². The Balaban J connectivity index is 1.76. The van der Waals surface area contributed by atoms with Crippen molar-refractivity contribution in [2.24, 2.45) is 7.05 Å². The van der Waals surface area contributed by atoms with Crippen LogP contribution in [0.3, 0.4) is 0 Å². The lowest BCUT2D eigenvalue weighted by Crippen LogP contribution is -2.04. The number of rotatable bonds is 4. The average Bonchev–Trinajstić information content (AvgIpc) is 3.33. The SMILES string of the molecule is Cc1c(C#N)cccc1-c1nc(N)nc(-c2cn(Cc3ccn(C)n3)nn2)c1F. The Kier molecular flexibility index (Phi) is 4.48. The third-order valence-corrected chi connectivity index (χ3v) is 4.45. The number of nitrogens with zero attached hydrogens (tertiary/aromatic N) is 8. The first-order chi connectivity index (χ1) is 14.0. The molecule has 0 bridgehead atoms. The van der Waals surface area contributed by atoms with Crippen molar-refractivity contribution >= 4 is 5.95 Å². The first-order valence-electron chi connectivity index (χ1n) is 8.68. The lowest BCUT2D eigenvalue weighted by Gasteiger charge is -2.10. The number of halogens is 1. The molecule has 0 aliphatic heterocycles. The molecule has 29 heavy (non-hydrogen) atoms. The second kappa shape index (κ2) is 7.12. The number of anilines is 1. The average molecular weight is 389 g/mol. The van der Waals surface area contributed by atoms with Gasteiger partial charge in [0.15, 0.2) is 5.82 Å². The number of benzene rings is 1. The first-order valence-corrected chi connectivity index (χ1v) is 8.68. The highest BCUT2D eigenvalue weighted by Crippen LogP contribution is 2.31. The molecule has 1 aromatic carbocycles. The fourth-order valence-electron chi connectivity index (χ4n) is 3.02. The fraction of sp³-hybridized carbons (Fsp3) is 0.158. The minimum absolute atomic E-state index is 0.0152. The van der Waals surface area contributed by atoms with Crippen molar-refractivity contribution in [3.8, 4) is 28.7 Å². The van der Waals surface area contributed by atoms with Crippen molar-refractivity contribution in [2.75, 3.05) is 5.73 Å². The summed E-state index contributed by atoms with van der Waals surface area (Å²) in [5.41, 5.74) is 8.32. The van der Waals surface area contributed by atoms with E-state index in [2.05, 4.69) is 31.4 Å². The van der Waals surface area contributed by atoms with Crippen LogP contribution in [0.4, 0.5) is 10.3 Å². The van der Waals surface area contributed by atoms with Crippen molar-refractivity contribution in [1.82, 2.24) is 34.7 Å². The summed E-state index contributed by atoms with van der Waals surface area (Å²) in [5, 5.41) is 21.6. The standard InChI is InChI=1S/C19H16FN9/c1-11-12(8-21)4-3-5-14(11)17-16(20)18(24-19(22)23-17)15-10-29(27-25-15)9-13-6-7-28(2)26-13/h3-7,10H,9H2,1-2H3,(H2,22,23,24).